The fourth-order valence-electron chi connectivity index (χ4n) is 2.18. The number of amides is 1. The first kappa shape index (κ1) is 17.5. The van der Waals surface area contributed by atoms with E-state index in [1.54, 1.807) is 19.2 Å². The Bertz CT molecular complexity index is 459. The predicted molar refractivity (Wildman–Crippen MR) is 83.9 cm³/mol. The van der Waals surface area contributed by atoms with Gasteiger partial charge in [0.05, 0.1) is 6.61 Å². The van der Waals surface area contributed by atoms with E-state index in [2.05, 4.69) is 5.32 Å². The molecule has 0 unspecified atom stereocenters. The van der Waals surface area contributed by atoms with Crippen LogP contribution in [0.1, 0.15) is 24.2 Å². The van der Waals surface area contributed by atoms with Crippen LogP contribution >= 0.6 is 0 Å². The molecule has 21 heavy (non-hydrogen) atoms. The molecule has 0 radical (unpaired) electrons. The highest BCUT2D eigenvalue weighted by atomic mass is 16.5. The van der Waals surface area contributed by atoms with Gasteiger partial charge in [-0.25, -0.2) is 0 Å². The second-order valence-corrected chi connectivity index (χ2v) is 5.94. The molecule has 1 aromatic carbocycles. The Labute approximate surface area is 127 Å². The molecule has 0 heterocycles. The van der Waals surface area contributed by atoms with Crippen LogP contribution in [-0.4, -0.2) is 57.3 Å². The summed E-state index contributed by atoms with van der Waals surface area (Å²) in [6.45, 7) is 5.76. The molecule has 0 aliphatic heterocycles. The lowest BCUT2D eigenvalue weighted by Gasteiger charge is -2.29. The second-order valence-electron chi connectivity index (χ2n) is 5.94. The Morgan fingerprint density at radius 2 is 2.00 bits per heavy atom. The van der Waals surface area contributed by atoms with Crippen LogP contribution in [0.2, 0.25) is 0 Å². The molecule has 1 N–H and O–H groups in total. The standard InChI is InChI=1S/C16H26N2O3/c1-16(2,12-18(3)4)17-15(19)13-7-6-8-14(11-13)21-10-9-20-5/h6-8,11H,9-10,12H2,1-5H3,(H,17,19). The maximum Gasteiger partial charge on any atom is 0.251 e. The molecule has 0 saturated carbocycles. The van der Waals surface area contributed by atoms with Gasteiger partial charge in [0, 0.05) is 24.8 Å². The van der Waals surface area contributed by atoms with Gasteiger partial charge in [-0.1, -0.05) is 6.07 Å². The van der Waals surface area contributed by atoms with Gasteiger partial charge < -0.3 is 19.7 Å². The SMILES string of the molecule is COCCOc1cccc(C(=O)NC(C)(C)CN(C)C)c1. The zero-order valence-corrected chi connectivity index (χ0v) is 13.6. The van der Waals surface area contributed by atoms with Crippen molar-refractivity contribution in [2.45, 2.75) is 19.4 Å². The Balaban J connectivity index is 2.67. The van der Waals surface area contributed by atoms with E-state index in [1.807, 2.05) is 45.0 Å². The van der Waals surface area contributed by atoms with Crippen LogP contribution in [0.15, 0.2) is 24.3 Å². The molecule has 118 valence electrons. The molecular formula is C16H26N2O3. The van der Waals surface area contributed by atoms with Gasteiger partial charge in [0.25, 0.3) is 5.91 Å². The number of carbonyl (C=O) groups excluding carboxylic acids is 1. The van der Waals surface area contributed by atoms with Crippen LogP contribution in [0.25, 0.3) is 0 Å². The first-order valence-electron chi connectivity index (χ1n) is 7.03. The van der Waals surface area contributed by atoms with Gasteiger partial charge in [0.1, 0.15) is 12.4 Å². The van der Waals surface area contributed by atoms with Gasteiger partial charge in [-0.15, -0.1) is 0 Å². The lowest BCUT2D eigenvalue weighted by Crippen LogP contribution is -2.49. The monoisotopic (exact) mass is 294 g/mol. The van der Waals surface area contributed by atoms with Crippen molar-refractivity contribution in [2.24, 2.45) is 0 Å². The van der Waals surface area contributed by atoms with E-state index in [-0.39, 0.29) is 11.4 Å². The first-order valence-corrected chi connectivity index (χ1v) is 7.03. The van der Waals surface area contributed by atoms with Crippen LogP contribution in [-0.2, 0) is 4.74 Å². The van der Waals surface area contributed by atoms with Crippen LogP contribution in [0.4, 0.5) is 0 Å². The summed E-state index contributed by atoms with van der Waals surface area (Å²) < 4.78 is 10.5. The minimum absolute atomic E-state index is 0.0981. The molecule has 0 aliphatic rings. The fraction of sp³-hybridized carbons (Fsp3) is 0.562. The number of nitrogens with one attached hydrogen (secondary N) is 1. The predicted octanol–water partition coefficient (Wildman–Crippen LogP) is 1.78. The zero-order chi connectivity index (χ0) is 15.9. The van der Waals surface area contributed by atoms with E-state index in [4.69, 9.17) is 9.47 Å². The van der Waals surface area contributed by atoms with E-state index in [9.17, 15) is 4.79 Å². The summed E-state index contributed by atoms with van der Waals surface area (Å²) >= 11 is 0. The van der Waals surface area contributed by atoms with Crippen molar-refractivity contribution in [3.8, 4) is 5.75 Å². The van der Waals surface area contributed by atoms with E-state index in [0.29, 0.717) is 24.5 Å². The van der Waals surface area contributed by atoms with Crippen LogP contribution in [0.3, 0.4) is 0 Å². The van der Waals surface area contributed by atoms with Crippen molar-refractivity contribution >= 4 is 5.91 Å². The third kappa shape index (κ3) is 6.60. The minimum Gasteiger partial charge on any atom is -0.491 e. The van der Waals surface area contributed by atoms with Gasteiger partial charge in [-0.3, -0.25) is 4.79 Å². The van der Waals surface area contributed by atoms with E-state index >= 15 is 0 Å². The summed E-state index contributed by atoms with van der Waals surface area (Å²) in [4.78, 5) is 14.4. The topological polar surface area (TPSA) is 50.8 Å². The number of carbonyl (C=O) groups is 1. The van der Waals surface area contributed by atoms with Crippen molar-refractivity contribution in [1.29, 1.82) is 0 Å². The molecule has 0 fully saturated rings. The van der Waals surface area contributed by atoms with Crippen molar-refractivity contribution in [1.82, 2.24) is 10.2 Å². The number of methoxy groups -OCH3 is 1. The van der Waals surface area contributed by atoms with Crippen molar-refractivity contribution in [3.05, 3.63) is 29.8 Å². The highest BCUT2D eigenvalue weighted by Crippen LogP contribution is 2.14. The second kappa shape index (κ2) is 8.00. The number of ether oxygens (including phenoxy) is 2. The average Bonchev–Trinajstić information content (AvgIpc) is 2.37. The number of hydrogen-bond acceptors (Lipinski definition) is 4. The van der Waals surface area contributed by atoms with Crippen LogP contribution in [0, 0.1) is 0 Å². The molecule has 0 aliphatic carbocycles. The molecule has 5 heteroatoms. The van der Waals surface area contributed by atoms with Gasteiger partial charge in [-0.05, 0) is 46.1 Å². The largest absolute Gasteiger partial charge is 0.491 e. The third-order valence-electron chi connectivity index (χ3n) is 2.82. The fourth-order valence-corrected chi connectivity index (χ4v) is 2.18. The van der Waals surface area contributed by atoms with Gasteiger partial charge in [0.2, 0.25) is 0 Å². The Morgan fingerprint density at radius 3 is 2.62 bits per heavy atom. The minimum atomic E-state index is -0.298. The molecular weight excluding hydrogens is 268 g/mol. The van der Waals surface area contributed by atoms with Crippen molar-refractivity contribution in [2.75, 3.05) is 41.0 Å². The van der Waals surface area contributed by atoms with E-state index < -0.39 is 0 Å². The smallest absolute Gasteiger partial charge is 0.251 e. The molecule has 1 amide bonds. The summed E-state index contributed by atoms with van der Waals surface area (Å²) in [5.74, 6) is 0.573. The lowest BCUT2D eigenvalue weighted by atomic mass is 10.0. The van der Waals surface area contributed by atoms with Gasteiger partial charge in [0.15, 0.2) is 0 Å². The zero-order valence-electron chi connectivity index (χ0n) is 13.6. The Kier molecular flexibility index (Phi) is 6.65. The molecule has 1 rings (SSSR count). The number of rotatable bonds is 8. The summed E-state index contributed by atoms with van der Waals surface area (Å²) in [6, 6.07) is 7.17. The molecule has 0 saturated heterocycles. The van der Waals surface area contributed by atoms with Gasteiger partial charge >= 0.3 is 0 Å². The summed E-state index contributed by atoms with van der Waals surface area (Å²) in [5, 5.41) is 3.04. The summed E-state index contributed by atoms with van der Waals surface area (Å²) in [5.41, 5.74) is 0.296. The Morgan fingerprint density at radius 1 is 1.29 bits per heavy atom. The maximum atomic E-state index is 12.3. The Hall–Kier alpha value is -1.59. The molecule has 1 aromatic rings. The number of hydrogen-bond donors (Lipinski definition) is 1. The van der Waals surface area contributed by atoms with Crippen molar-refractivity contribution < 1.29 is 14.3 Å². The van der Waals surface area contributed by atoms with Crippen molar-refractivity contribution in [3.63, 3.8) is 0 Å². The molecule has 5 nitrogen and oxygen atoms in total. The molecule has 0 atom stereocenters. The molecule has 0 bridgehead atoms. The lowest BCUT2D eigenvalue weighted by molar-refractivity contribution is 0.0899. The van der Waals surface area contributed by atoms with E-state index in [0.717, 1.165) is 6.54 Å². The highest BCUT2D eigenvalue weighted by molar-refractivity contribution is 5.95. The summed E-state index contributed by atoms with van der Waals surface area (Å²) in [7, 11) is 5.59. The summed E-state index contributed by atoms with van der Waals surface area (Å²) in [6.07, 6.45) is 0. The van der Waals surface area contributed by atoms with Gasteiger partial charge in [-0.2, -0.15) is 0 Å². The third-order valence-corrected chi connectivity index (χ3v) is 2.82. The number of nitrogens with zero attached hydrogens (tertiary/aromatic N) is 1. The number of benzene rings is 1. The maximum absolute atomic E-state index is 12.3. The quantitative estimate of drug-likeness (QED) is 0.743. The van der Waals surface area contributed by atoms with Crippen LogP contribution in [0.5, 0.6) is 5.75 Å². The highest BCUT2D eigenvalue weighted by Gasteiger charge is 2.22. The number of likely N-dealkylation sites (N-methyl/N-ethyl adjacent to an activating group) is 1. The molecule has 0 aromatic heterocycles. The van der Waals surface area contributed by atoms with E-state index in [1.165, 1.54) is 0 Å². The normalized spacial score (nSPS) is 11.5. The first-order chi connectivity index (χ1) is 9.84. The average molecular weight is 294 g/mol. The van der Waals surface area contributed by atoms with Crippen LogP contribution < -0.4 is 10.1 Å². The molecule has 0 spiro atoms.